The van der Waals surface area contributed by atoms with Gasteiger partial charge in [-0.05, 0) is 43.2 Å². The molecule has 0 unspecified atom stereocenters. The highest BCUT2D eigenvalue weighted by atomic mass is 19.1. The SMILES string of the molecule is COc1ccc(OCC(=O)Nc2cccc(C(=O)NC3CC3)c2)cc1F. The molecule has 0 bridgehead atoms. The quantitative estimate of drug-likeness (QED) is 0.798. The molecule has 2 amide bonds. The molecule has 0 aliphatic heterocycles. The predicted octanol–water partition coefficient (Wildman–Crippen LogP) is 2.74. The standard InChI is InChI=1S/C19H19FN2O4/c1-25-17-8-7-15(10-16(17)20)26-11-18(23)21-14-4-2-3-12(9-14)19(24)22-13-5-6-13/h2-4,7-10,13H,5-6,11H2,1H3,(H,21,23)(H,22,24). The highest BCUT2D eigenvalue weighted by Crippen LogP contribution is 2.22. The van der Waals surface area contributed by atoms with Gasteiger partial charge in [0.05, 0.1) is 7.11 Å². The Balaban J connectivity index is 1.54. The van der Waals surface area contributed by atoms with Crippen LogP contribution in [0.5, 0.6) is 11.5 Å². The second-order valence-corrected chi connectivity index (χ2v) is 5.96. The van der Waals surface area contributed by atoms with Gasteiger partial charge >= 0.3 is 0 Å². The Bertz CT molecular complexity index is 821. The number of halogens is 1. The minimum Gasteiger partial charge on any atom is -0.494 e. The van der Waals surface area contributed by atoms with Gasteiger partial charge in [0.2, 0.25) is 0 Å². The Morgan fingerprint density at radius 1 is 1.19 bits per heavy atom. The Kier molecular flexibility index (Phi) is 5.36. The molecule has 0 atom stereocenters. The van der Waals surface area contributed by atoms with E-state index < -0.39 is 11.7 Å². The van der Waals surface area contributed by atoms with Crippen molar-refractivity contribution in [2.45, 2.75) is 18.9 Å². The van der Waals surface area contributed by atoms with Crippen LogP contribution in [0.25, 0.3) is 0 Å². The molecular formula is C19H19FN2O4. The lowest BCUT2D eigenvalue weighted by atomic mass is 10.2. The second kappa shape index (κ2) is 7.86. The fourth-order valence-electron chi connectivity index (χ4n) is 2.32. The first-order chi connectivity index (χ1) is 12.5. The molecule has 1 aliphatic carbocycles. The first-order valence-corrected chi connectivity index (χ1v) is 8.22. The summed E-state index contributed by atoms with van der Waals surface area (Å²) in [6, 6.07) is 11.0. The van der Waals surface area contributed by atoms with E-state index in [-0.39, 0.29) is 30.1 Å². The minimum atomic E-state index is -0.570. The summed E-state index contributed by atoms with van der Waals surface area (Å²) in [5.74, 6) is -0.826. The Morgan fingerprint density at radius 2 is 2.00 bits per heavy atom. The van der Waals surface area contributed by atoms with Crippen molar-refractivity contribution in [1.29, 1.82) is 0 Å². The molecule has 7 heteroatoms. The van der Waals surface area contributed by atoms with Gasteiger partial charge in [0, 0.05) is 23.4 Å². The predicted molar refractivity (Wildman–Crippen MR) is 94.0 cm³/mol. The van der Waals surface area contributed by atoms with E-state index in [2.05, 4.69) is 10.6 Å². The van der Waals surface area contributed by atoms with Crippen molar-refractivity contribution in [2.75, 3.05) is 19.0 Å². The summed E-state index contributed by atoms with van der Waals surface area (Å²) in [6.07, 6.45) is 2.01. The maximum atomic E-state index is 13.6. The molecule has 2 aromatic rings. The zero-order valence-corrected chi connectivity index (χ0v) is 14.3. The molecule has 26 heavy (non-hydrogen) atoms. The number of benzene rings is 2. The normalized spacial score (nSPS) is 13.0. The van der Waals surface area contributed by atoms with Crippen LogP contribution in [0.3, 0.4) is 0 Å². The van der Waals surface area contributed by atoms with Crippen molar-refractivity contribution in [3.05, 3.63) is 53.8 Å². The molecular weight excluding hydrogens is 339 g/mol. The third kappa shape index (κ3) is 4.72. The van der Waals surface area contributed by atoms with Crippen molar-refractivity contribution < 1.29 is 23.5 Å². The number of ether oxygens (including phenoxy) is 2. The fraction of sp³-hybridized carbons (Fsp3) is 0.263. The number of hydrogen-bond acceptors (Lipinski definition) is 4. The molecule has 1 saturated carbocycles. The number of carbonyl (C=O) groups excluding carboxylic acids is 2. The lowest BCUT2D eigenvalue weighted by Crippen LogP contribution is -2.25. The van der Waals surface area contributed by atoms with E-state index in [1.54, 1.807) is 24.3 Å². The average Bonchev–Trinajstić information content (AvgIpc) is 3.44. The number of methoxy groups -OCH3 is 1. The van der Waals surface area contributed by atoms with Gasteiger partial charge in [-0.3, -0.25) is 9.59 Å². The number of carbonyl (C=O) groups is 2. The maximum absolute atomic E-state index is 13.6. The van der Waals surface area contributed by atoms with E-state index in [9.17, 15) is 14.0 Å². The van der Waals surface area contributed by atoms with Gasteiger partial charge in [-0.15, -0.1) is 0 Å². The summed E-state index contributed by atoms with van der Waals surface area (Å²) in [4.78, 5) is 24.0. The van der Waals surface area contributed by atoms with Gasteiger partial charge in [-0.25, -0.2) is 4.39 Å². The zero-order valence-electron chi connectivity index (χ0n) is 14.3. The van der Waals surface area contributed by atoms with E-state index in [0.29, 0.717) is 11.3 Å². The van der Waals surface area contributed by atoms with E-state index in [0.717, 1.165) is 18.9 Å². The third-order valence-corrected chi connectivity index (χ3v) is 3.81. The molecule has 6 nitrogen and oxygen atoms in total. The number of anilines is 1. The topological polar surface area (TPSA) is 76.7 Å². The highest BCUT2D eigenvalue weighted by Gasteiger charge is 2.23. The third-order valence-electron chi connectivity index (χ3n) is 3.81. The Morgan fingerprint density at radius 3 is 2.69 bits per heavy atom. The van der Waals surface area contributed by atoms with Crippen LogP contribution in [-0.2, 0) is 4.79 Å². The first-order valence-electron chi connectivity index (χ1n) is 8.22. The van der Waals surface area contributed by atoms with Crippen LogP contribution >= 0.6 is 0 Å². The highest BCUT2D eigenvalue weighted by molar-refractivity contribution is 5.97. The van der Waals surface area contributed by atoms with Crippen molar-refractivity contribution in [1.82, 2.24) is 5.32 Å². The van der Waals surface area contributed by atoms with E-state index in [1.165, 1.54) is 19.2 Å². The van der Waals surface area contributed by atoms with Crippen molar-refractivity contribution in [3.8, 4) is 11.5 Å². The molecule has 136 valence electrons. The smallest absolute Gasteiger partial charge is 0.262 e. The first kappa shape index (κ1) is 17.7. The molecule has 0 aromatic heterocycles. The molecule has 3 rings (SSSR count). The zero-order chi connectivity index (χ0) is 18.5. The van der Waals surface area contributed by atoms with E-state index >= 15 is 0 Å². The molecule has 2 N–H and O–H groups in total. The summed E-state index contributed by atoms with van der Waals surface area (Å²) in [7, 11) is 1.37. The van der Waals surface area contributed by atoms with Gasteiger partial charge in [-0.1, -0.05) is 6.07 Å². The molecule has 0 radical (unpaired) electrons. The summed E-state index contributed by atoms with van der Waals surface area (Å²) in [6.45, 7) is -0.287. The summed E-state index contributed by atoms with van der Waals surface area (Å²) < 4.78 is 23.7. The number of hydrogen-bond donors (Lipinski definition) is 2. The monoisotopic (exact) mass is 358 g/mol. The molecule has 2 aromatic carbocycles. The minimum absolute atomic E-state index is 0.100. The fourth-order valence-corrected chi connectivity index (χ4v) is 2.32. The number of rotatable bonds is 7. The molecule has 0 saturated heterocycles. The van der Waals surface area contributed by atoms with Crippen LogP contribution in [0.15, 0.2) is 42.5 Å². The van der Waals surface area contributed by atoms with Crippen molar-refractivity contribution in [3.63, 3.8) is 0 Å². The second-order valence-electron chi connectivity index (χ2n) is 5.96. The molecule has 1 aliphatic rings. The van der Waals surface area contributed by atoms with Gasteiger partial charge in [-0.2, -0.15) is 0 Å². The van der Waals surface area contributed by atoms with Crippen LogP contribution in [0.1, 0.15) is 23.2 Å². The van der Waals surface area contributed by atoms with Gasteiger partial charge in [0.25, 0.3) is 11.8 Å². The average molecular weight is 358 g/mol. The Labute approximate surface area is 150 Å². The van der Waals surface area contributed by atoms with Gasteiger partial charge < -0.3 is 20.1 Å². The summed E-state index contributed by atoms with van der Waals surface area (Å²) in [5, 5.41) is 5.54. The van der Waals surface area contributed by atoms with Crippen LogP contribution in [-0.4, -0.2) is 31.6 Å². The summed E-state index contributed by atoms with van der Waals surface area (Å²) >= 11 is 0. The lowest BCUT2D eigenvalue weighted by Gasteiger charge is -2.10. The van der Waals surface area contributed by atoms with Crippen molar-refractivity contribution >= 4 is 17.5 Å². The van der Waals surface area contributed by atoms with E-state index in [4.69, 9.17) is 9.47 Å². The molecule has 1 fully saturated rings. The Hall–Kier alpha value is -3.09. The van der Waals surface area contributed by atoms with Crippen LogP contribution in [0.4, 0.5) is 10.1 Å². The summed E-state index contributed by atoms with van der Waals surface area (Å²) in [5.41, 5.74) is 0.968. The largest absolute Gasteiger partial charge is 0.494 e. The maximum Gasteiger partial charge on any atom is 0.262 e. The van der Waals surface area contributed by atoms with E-state index in [1.807, 2.05) is 0 Å². The molecule has 0 spiro atoms. The van der Waals surface area contributed by atoms with Crippen molar-refractivity contribution in [2.24, 2.45) is 0 Å². The van der Waals surface area contributed by atoms with Gasteiger partial charge in [0.1, 0.15) is 5.75 Å². The lowest BCUT2D eigenvalue weighted by molar-refractivity contribution is -0.118. The number of nitrogens with one attached hydrogen (secondary N) is 2. The van der Waals surface area contributed by atoms with Gasteiger partial charge in [0.15, 0.2) is 18.2 Å². The van der Waals surface area contributed by atoms with Crippen LogP contribution in [0, 0.1) is 5.82 Å². The van der Waals surface area contributed by atoms with Crippen LogP contribution < -0.4 is 20.1 Å². The van der Waals surface area contributed by atoms with Crippen LogP contribution in [0.2, 0.25) is 0 Å². The number of amides is 2. The molecule has 0 heterocycles.